The smallest absolute Gasteiger partial charge is 0.323 e. The van der Waals surface area contributed by atoms with Crippen LogP contribution in [0.25, 0.3) is 0 Å². The zero-order chi connectivity index (χ0) is 16.3. The van der Waals surface area contributed by atoms with Crippen LogP contribution in [0.15, 0.2) is 46.5 Å². The first-order valence-corrected chi connectivity index (χ1v) is 8.55. The topological polar surface area (TPSA) is 72.3 Å². The van der Waals surface area contributed by atoms with E-state index in [2.05, 4.69) is 5.10 Å². The van der Waals surface area contributed by atoms with Crippen LogP contribution < -0.4 is 0 Å². The van der Waals surface area contributed by atoms with Gasteiger partial charge in [0.2, 0.25) is 9.84 Å². The summed E-state index contributed by atoms with van der Waals surface area (Å²) >= 11 is 0. The molecule has 0 saturated carbocycles. The highest BCUT2D eigenvalue weighted by molar-refractivity contribution is 7.91. The fourth-order valence-electron chi connectivity index (χ4n) is 2.17. The normalized spacial score (nSPS) is 11.4. The van der Waals surface area contributed by atoms with Crippen LogP contribution in [0.5, 0.6) is 0 Å². The van der Waals surface area contributed by atoms with Crippen molar-refractivity contribution in [1.82, 2.24) is 14.7 Å². The van der Waals surface area contributed by atoms with Gasteiger partial charge in [-0.15, -0.1) is 0 Å². The number of amides is 1. The molecular weight excluding hydrogens is 302 g/mol. The van der Waals surface area contributed by atoms with Crippen LogP contribution in [0.2, 0.25) is 0 Å². The number of rotatable bonds is 4. The molecular formula is C15H19N3O3S. The summed E-state index contributed by atoms with van der Waals surface area (Å²) in [4.78, 5) is 14.0. The fraction of sp³-hybridized carbons (Fsp3) is 0.333. The van der Waals surface area contributed by atoms with Crippen molar-refractivity contribution < 1.29 is 13.2 Å². The van der Waals surface area contributed by atoms with Crippen molar-refractivity contribution >= 4 is 15.9 Å². The van der Waals surface area contributed by atoms with Crippen LogP contribution >= 0.6 is 0 Å². The van der Waals surface area contributed by atoms with E-state index in [1.54, 1.807) is 30.0 Å². The van der Waals surface area contributed by atoms with Gasteiger partial charge in [0, 0.05) is 19.3 Å². The summed E-state index contributed by atoms with van der Waals surface area (Å²) in [5, 5.41) is 3.83. The molecule has 22 heavy (non-hydrogen) atoms. The fourth-order valence-corrected chi connectivity index (χ4v) is 3.58. The third-order valence-corrected chi connectivity index (χ3v) is 5.26. The molecule has 1 amide bonds. The molecule has 0 bridgehead atoms. The van der Waals surface area contributed by atoms with E-state index in [0.29, 0.717) is 18.7 Å². The maximum atomic E-state index is 12.6. The first-order valence-electron chi connectivity index (χ1n) is 7.07. The number of carbonyl (C=O) groups is 1. The van der Waals surface area contributed by atoms with E-state index in [4.69, 9.17) is 0 Å². The average molecular weight is 321 g/mol. The minimum Gasteiger partial charge on any atom is -0.323 e. The van der Waals surface area contributed by atoms with Gasteiger partial charge in [-0.2, -0.15) is 9.78 Å². The van der Waals surface area contributed by atoms with E-state index in [-0.39, 0.29) is 16.0 Å². The first kappa shape index (κ1) is 16.2. The maximum Gasteiger partial charge on any atom is 0.344 e. The zero-order valence-electron chi connectivity index (χ0n) is 12.9. The van der Waals surface area contributed by atoms with Crippen LogP contribution in [0.3, 0.4) is 0 Å². The van der Waals surface area contributed by atoms with Gasteiger partial charge in [-0.05, 0) is 38.5 Å². The Balaban J connectivity index is 2.40. The summed E-state index contributed by atoms with van der Waals surface area (Å²) in [5.41, 5.74) is 0.645. The van der Waals surface area contributed by atoms with Crippen molar-refractivity contribution in [3.05, 3.63) is 42.1 Å². The quantitative estimate of drug-likeness (QED) is 0.866. The molecule has 0 spiro atoms. The van der Waals surface area contributed by atoms with Crippen molar-refractivity contribution in [2.75, 3.05) is 13.1 Å². The van der Waals surface area contributed by atoms with Crippen LogP contribution in [0.4, 0.5) is 4.79 Å². The van der Waals surface area contributed by atoms with E-state index in [1.165, 1.54) is 18.3 Å². The number of benzene rings is 1. The summed E-state index contributed by atoms with van der Waals surface area (Å²) in [6, 6.07) is 7.72. The lowest BCUT2D eigenvalue weighted by Crippen LogP contribution is -2.34. The van der Waals surface area contributed by atoms with Gasteiger partial charge in [0.1, 0.15) is 0 Å². The lowest BCUT2D eigenvalue weighted by molar-refractivity contribution is 0.201. The predicted octanol–water partition coefficient (Wildman–Crippen LogP) is 2.33. The van der Waals surface area contributed by atoms with Crippen molar-refractivity contribution in [2.45, 2.75) is 30.7 Å². The van der Waals surface area contributed by atoms with Crippen LogP contribution in [-0.2, 0) is 9.84 Å². The Labute approximate surface area is 130 Å². The van der Waals surface area contributed by atoms with E-state index in [9.17, 15) is 13.2 Å². The van der Waals surface area contributed by atoms with Crippen molar-refractivity contribution in [3.63, 3.8) is 0 Å². The summed E-state index contributed by atoms with van der Waals surface area (Å²) < 4.78 is 26.3. The molecule has 7 heteroatoms. The molecule has 0 fully saturated rings. The van der Waals surface area contributed by atoms with Crippen molar-refractivity contribution in [3.8, 4) is 0 Å². The van der Waals surface area contributed by atoms with Crippen LogP contribution in [0.1, 0.15) is 19.4 Å². The molecule has 0 aliphatic heterocycles. The molecule has 0 unspecified atom stereocenters. The zero-order valence-corrected chi connectivity index (χ0v) is 13.7. The monoisotopic (exact) mass is 321 g/mol. The number of nitrogens with zero attached hydrogens (tertiary/aromatic N) is 3. The minimum atomic E-state index is -3.72. The first-order chi connectivity index (χ1) is 10.4. The van der Waals surface area contributed by atoms with E-state index < -0.39 is 9.84 Å². The summed E-state index contributed by atoms with van der Waals surface area (Å²) in [6.45, 7) is 6.51. The summed E-state index contributed by atoms with van der Waals surface area (Å²) in [7, 11) is -3.72. The Morgan fingerprint density at radius 3 is 2.41 bits per heavy atom. The highest BCUT2D eigenvalue weighted by Crippen LogP contribution is 2.22. The second-order valence-corrected chi connectivity index (χ2v) is 6.69. The van der Waals surface area contributed by atoms with Gasteiger partial charge in [0.05, 0.1) is 4.90 Å². The molecule has 0 aliphatic carbocycles. The molecule has 0 saturated heterocycles. The molecule has 2 aromatic rings. The van der Waals surface area contributed by atoms with Crippen LogP contribution in [0, 0.1) is 6.92 Å². The van der Waals surface area contributed by atoms with Gasteiger partial charge in [-0.3, -0.25) is 0 Å². The number of aryl methyl sites for hydroxylation is 1. The Kier molecular flexibility index (Phi) is 4.65. The van der Waals surface area contributed by atoms with Crippen LogP contribution in [-0.4, -0.2) is 42.2 Å². The van der Waals surface area contributed by atoms with Crippen molar-refractivity contribution in [1.29, 1.82) is 0 Å². The van der Waals surface area contributed by atoms with Gasteiger partial charge < -0.3 is 4.90 Å². The van der Waals surface area contributed by atoms with Gasteiger partial charge in [-0.25, -0.2) is 13.2 Å². The average Bonchev–Trinajstić information content (AvgIpc) is 2.99. The largest absolute Gasteiger partial charge is 0.344 e. The molecule has 118 valence electrons. The number of aromatic nitrogens is 2. The molecule has 1 heterocycles. The maximum absolute atomic E-state index is 12.6. The SMILES string of the molecule is CCN(CC)C(=O)n1ccc(S(=O)(=O)c2ccccc2C)n1. The third-order valence-electron chi connectivity index (χ3n) is 3.45. The highest BCUT2D eigenvalue weighted by atomic mass is 32.2. The Morgan fingerprint density at radius 1 is 1.18 bits per heavy atom. The highest BCUT2D eigenvalue weighted by Gasteiger charge is 2.24. The van der Waals surface area contributed by atoms with E-state index in [1.807, 2.05) is 13.8 Å². The van der Waals surface area contributed by atoms with Gasteiger partial charge in [0.25, 0.3) is 0 Å². The Morgan fingerprint density at radius 2 is 1.82 bits per heavy atom. The number of hydrogen-bond acceptors (Lipinski definition) is 4. The number of hydrogen-bond donors (Lipinski definition) is 0. The molecule has 0 atom stereocenters. The van der Waals surface area contributed by atoms with E-state index in [0.717, 1.165) is 4.68 Å². The molecule has 0 radical (unpaired) electrons. The lowest BCUT2D eigenvalue weighted by Gasteiger charge is -2.17. The lowest BCUT2D eigenvalue weighted by atomic mass is 10.2. The van der Waals surface area contributed by atoms with Crippen molar-refractivity contribution in [2.24, 2.45) is 0 Å². The predicted molar refractivity (Wildman–Crippen MR) is 82.6 cm³/mol. The van der Waals surface area contributed by atoms with E-state index >= 15 is 0 Å². The van der Waals surface area contributed by atoms with Gasteiger partial charge in [-0.1, -0.05) is 18.2 Å². The Hall–Kier alpha value is -2.15. The molecule has 0 aliphatic rings. The standard InChI is InChI=1S/C15H19N3O3S/c1-4-17(5-2)15(19)18-11-10-14(16-18)22(20,21)13-9-7-6-8-12(13)3/h6-11H,4-5H2,1-3H3. The molecule has 1 aromatic carbocycles. The number of sulfone groups is 1. The third kappa shape index (κ3) is 2.89. The molecule has 1 aromatic heterocycles. The van der Waals surface area contributed by atoms with Gasteiger partial charge >= 0.3 is 6.03 Å². The van der Waals surface area contributed by atoms with Gasteiger partial charge in [0.15, 0.2) is 5.03 Å². The molecule has 6 nitrogen and oxygen atoms in total. The number of carbonyl (C=O) groups excluding carboxylic acids is 1. The minimum absolute atomic E-state index is 0.123. The molecule has 2 rings (SSSR count). The second-order valence-electron chi connectivity index (χ2n) is 4.82. The summed E-state index contributed by atoms with van der Waals surface area (Å²) in [5.74, 6) is 0. The molecule has 0 N–H and O–H groups in total. The second kappa shape index (κ2) is 6.31. The summed E-state index contributed by atoms with van der Waals surface area (Å²) in [6.07, 6.45) is 1.38. The Bertz CT molecular complexity index is 777.